The summed E-state index contributed by atoms with van der Waals surface area (Å²) >= 11 is 1.38. The molecular weight excluding hydrogens is 311 g/mol. The van der Waals surface area contributed by atoms with E-state index in [1.807, 2.05) is 24.3 Å². The van der Waals surface area contributed by atoms with Crippen molar-refractivity contribution < 1.29 is 13.2 Å². The van der Waals surface area contributed by atoms with Crippen molar-refractivity contribution in [1.82, 2.24) is 4.98 Å². The molecule has 0 radical (unpaired) electrons. The summed E-state index contributed by atoms with van der Waals surface area (Å²) in [5, 5.41) is 4.38. The second kappa shape index (κ2) is 5.76. The first-order valence-electron chi connectivity index (χ1n) is 6.35. The number of halogens is 3. The van der Waals surface area contributed by atoms with Crippen molar-refractivity contribution in [3.05, 3.63) is 59.7 Å². The first-order valence-corrected chi connectivity index (χ1v) is 7.16. The maximum atomic E-state index is 12.8. The van der Waals surface area contributed by atoms with Crippen LogP contribution in [0.1, 0.15) is 11.1 Å². The van der Waals surface area contributed by atoms with Crippen LogP contribution in [0.15, 0.2) is 53.6 Å². The summed E-state index contributed by atoms with van der Waals surface area (Å²) in [7, 11) is 0. The highest BCUT2D eigenvalue weighted by molar-refractivity contribution is 7.22. The van der Waals surface area contributed by atoms with Gasteiger partial charge in [-0.25, -0.2) is 4.98 Å². The molecule has 1 heterocycles. The van der Waals surface area contributed by atoms with Gasteiger partial charge in [0.25, 0.3) is 0 Å². The number of nitrogens with one attached hydrogen (secondary N) is 1. The molecule has 2 aromatic carbocycles. The molecule has 0 saturated heterocycles. The van der Waals surface area contributed by atoms with E-state index in [1.165, 1.54) is 29.5 Å². The van der Waals surface area contributed by atoms with E-state index in [0.29, 0.717) is 5.13 Å². The highest BCUT2D eigenvalue weighted by Crippen LogP contribution is 2.31. The van der Waals surface area contributed by atoms with E-state index in [2.05, 4.69) is 15.5 Å². The van der Waals surface area contributed by atoms with Crippen LogP contribution in [0.4, 0.5) is 18.3 Å². The maximum absolute atomic E-state index is 12.8. The topological polar surface area (TPSA) is 37.3 Å². The van der Waals surface area contributed by atoms with Gasteiger partial charge in [-0.1, -0.05) is 41.7 Å². The second-order valence-electron chi connectivity index (χ2n) is 4.44. The minimum atomic E-state index is -4.40. The lowest BCUT2D eigenvalue weighted by Crippen LogP contribution is -2.08. The van der Waals surface area contributed by atoms with Crippen molar-refractivity contribution in [3.63, 3.8) is 0 Å². The summed E-state index contributed by atoms with van der Waals surface area (Å²) in [6, 6.07) is 12.8. The molecule has 1 aromatic heterocycles. The van der Waals surface area contributed by atoms with Gasteiger partial charge in [-0.3, -0.25) is 5.43 Å². The molecule has 0 unspecified atom stereocenters. The zero-order valence-electron chi connectivity index (χ0n) is 11.1. The van der Waals surface area contributed by atoms with Crippen molar-refractivity contribution in [2.45, 2.75) is 6.18 Å². The minimum Gasteiger partial charge on any atom is -0.253 e. The number of nitrogens with zero attached hydrogens (tertiary/aromatic N) is 2. The molecule has 0 saturated carbocycles. The van der Waals surface area contributed by atoms with Crippen LogP contribution in [0.5, 0.6) is 0 Å². The van der Waals surface area contributed by atoms with E-state index in [9.17, 15) is 13.2 Å². The van der Waals surface area contributed by atoms with Crippen LogP contribution in [-0.2, 0) is 6.18 Å². The van der Waals surface area contributed by atoms with Gasteiger partial charge in [-0.05, 0) is 18.2 Å². The number of rotatable bonds is 3. The van der Waals surface area contributed by atoms with Crippen LogP contribution in [0.25, 0.3) is 10.2 Å². The Labute approximate surface area is 128 Å². The van der Waals surface area contributed by atoms with Gasteiger partial charge >= 0.3 is 6.18 Å². The van der Waals surface area contributed by atoms with Gasteiger partial charge in [0.15, 0.2) is 0 Å². The number of hydrogen-bond donors (Lipinski definition) is 1. The Balaban J connectivity index is 1.80. The van der Waals surface area contributed by atoms with Crippen LogP contribution >= 0.6 is 11.3 Å². The Hall–Kier alpha value is -2.41. The van der Waals surface area contributed by atoms with Crippen LogP contribution < -0.4 is 5.43 Å². The molecule has 0 aliphatic rings. The molecule has 7 heteroatoms. The number of hydrogen-bond acceptors (Lipinski definition) is 4. The van der Waals surface area contributed by atoms with E-state index >= 15 is 0 Å². The standard InChI is InChI=1S/C15H10F3N3S/c16-15(17,18)11-6-2-1-5-10(11)9-19-21-14-20-12-7-3-4-8-13(12)22-14/h1-9H,(H,20,21). The number of anilines is 1. The predicted molar refractivity (Wildman–Crippen MR) is 82.3 cm³/mol. The predicted octanol–water partition coefficient (Wildman–Crippen LogP) is 4.76. The second-order valence-corrected chi connectivity index (χ2v) is 5.47. The normalized spacial score (nSPS) is 12.1. The molecule has 0 aliphatic carbocycles. The molecule has 0 bridgehead atoms. The van der Waals surface area contributed by atoms with Crippen molar-refractivity contribution in [1.29, 1.82) is 0 Å². The van der Waals surface area contributed by atoms with E-state index < -0.39 is 11.7 Å². The number of hydrazone groups is 1. The lowest BCUT2D eigenvalue weighted by atomic mass is 10.1. The fourth-order valence-corrected chi connectivity index (χ4v) is 2.76. The molecule has 0 aliphatic heterocycles. The first kappa shape index (κ1) is 14.5. The summed E-state index contributed by atoms with van der Waals surface area (Å²) in [5.74, 6) is 0. The number of thiazole rings is 1. The quantitative estimate of drug-likeness (QED) is 0.558. The fraction of sp³-hybridized carbons (Fsp3) is 0.0667. The average Bonchev–Trinajstić information content (AvgIpc) is 2.89. The number of benzene rings is 2. The van der Waals surface area contributed by atoms with Crippen LogP contribution in [0.3, 0.4) is 0 Å². The van der Waals surface area contributed by atoms with Crippen molar-refractivity contribution in [2.24, 2.45) is 5.10 Å². The maximum Gasteiger partial charge on any atom is 0.417 e. The highest BCUT2D eigenvalue weighted by Gasteiger charge is 2.32. The van der Waals surface area contributed by atoms with Gasteiger partial charge in [0.05, 0.1) is 22.0 Å². The van der Waals surface area contributed by atoms with E-state index in [4.69, 9.17) is 0 Å². The Kier molecular flexibility index (Phi) is 3.81. The van der Waals surface area contributed by atoms with Gasteiger partial charge in [0, 0.05) is 5.56 Å². The van der Waals surface area contributed by atoms with E-state index in [0.717, 1.165) is 22.5 Å². The molecule has 0 atom stereocenters. The number of para-hydroxylation sites is 1. The van der Waals surface area contributed by atoms with E-state index in [-0.39, 0.29) is 5.56 Å². The molecule has 3 rings (SSSR count). The van der Waals surface area contributed by atoms with Crippen molar-refractivity contribution >= 4 is 32.9 Å². The summed E-state index contributed by atoms with van der Waals surface area (Å²) < 4.78 is 39.5. The number of alkyl halides is 3. The SMILES string of the molecule is FC(F)(F)c1ccccc1C=NNc1nc2ccccc2s1. The Morgan fingerprint density at radius 1 is 1.05 bits per heavy atom. The van der Waals surface area contributed by atoms with Crippen molar-refractivity contribution in [3.8, 4) is 0 Å². The average molecular weight is 321 g/mol. The molecule has 0 amide bonds. The lowest BCUT2D eigenvalue weighted by Gasteiger charge is -2.08. The minimum absolute atomic E-state index is 0.00334. The molecular formula is C15H10F3N3S. The number of fused-ring (bicyclic) bond motifs is 1. The Morgan fingerprint density at radius 2 is 1.77 bits per heavy atom. The summed E-state index contributed by atoms with van der Waals surface area (Å²) in [6.45, 7) is 0. The fourth-order valence-electron chi connectivity index (χ4n) is 1.94. The zero-order chi connectivity index (χ0) is 15.6. The van der Waals surface area contributed by atoms with Gasteiger partial charge in [-0.2, -0.15) is 18.3 Å². The molecule has 0 spiro atoms. The molecule has 22 heavy (non-hydrogen) atoms. The highest BCUT2D eigenvalue weighted by atomic mass is 32.1. The molecule has 0 fully saturated rings. The van der Waals surface area contributed by atoms with Gasteiger partial charge < -0.3 is 0 Å². The molecule has 1 N–H and O–H groups in total. The monoisotopic (exact) mass is 321 g/mol. The number of aromatic nitrogens is 1. The Morgan fingerprint density at radius 3 is 2.55 bits per heavy atom. The van der Waals surface area contributed by atoms with Gasteiger partial charge in [0.1, 0.15) is 0 Å². The molecule has 112 valence electrons. The molecule has 3 nitrogen and oxygen atoms in total. The zero-order valence-corrected chi connectivity index (χ0v) is 11.9. The summed E-state index contributed by atoms with van der Waals surface area (Å²) in [6.07, 6.45) is -3.26. The van der Waals surface area contributed by atoms with E-state index in [1.54, 1.807) is 0 Å². The Bertz CT molecular complexity index is 791. The third-order valence-corrected chi connectivity index (χ3v) is 3.86. The molecule has 3 aromatic rings. The lowest BCUT2D eigenvalue weighted by molar-refractivity contribution is -0.137. The third-order valence-electron chi connectivity index (χ3n) is 2.92. The smallest absolute Gasteiger partial charge is 0.253 e. The van der Waals surface area contributed by atoms with Gasteiger partial charge in [0.2, 0.25) is 5.13 Å². The third kappa shape index (κ3) is 3.09. The largest absolute Gasteiger partial charge is 0.417 e. The van der Waals surface area contributed by atoms with Crippen LogP contribution in [-0.4, -0.2) is 11.2 Å². The van der Waals surface area contributed by atoms with Crippen LogP contribution in [0, 0.1) is 0 Å². The summed E-state index contributed by atoms with van der Waals surface area (Å²) in [5.41, 5.74) is 2.78. The van der Waals surface area contributed by atoms with Crippen LogP contribution in [0.2, 0.25) is 0 Å². The first-order chi connectivity index (χ1) is 10.5. The van der Waals surface area contributed by atoms with Crippen molar-refractivity contribution in [2.75, 3.05) is 5.43 Å². The summed E-state index contributed by atoms with van der Waals surface area (Å²) in [4.78, 5) is 4.29. The van der Waals surface area contributed by atoms with Gasteiger partial charge in [-0.15, -0.1) is 0 Å².